The fourth-order valence-electron chi connectivity index (χ4n) is 6.13. The van der Waals surface area contributed by atoms with Crippen LogP contribution in [0.15, 0.2) is 47.3 Å². The van der Waals surface area contributed by atoms with Crippen LogP contribution in [0.4, 0.5) is 0 Å². The molecule has 0 radical (unpaired) electrons. The van der Waals surface area contributed by atoms with Crippen LogP contribution in [0.5, 0.6) is 0 Å². The van der Waals surface area contributed by atoms with Gasteiger partial charge in [0.2, 0.25) is 5.91 Å². The third-order valence-electron chi connectivity index (χ3n) is 7.97. The molecule has 1 aromatic heterocycles. The van der Waals surface area contributed by atoms with E-state index in [0.717, 1.165) is 32.6 Å². The maximum Gasteiger partial charge on any atom is 0.262 e. The first-order valence-electron chi connectivity index (χ1n) is 13.2. The minimum absolute atomic E-state index is 0.0201. The minimum atomic E-state index is -0.222. The highest BCUT2D eigenvalue weighted by Gasteiger charge is 2.49. The predicted molar refractivity (Wildman–Crippen MR) is 145 cm³/mol. The molecular formula is C29H33ClN4O3. The fraction of sp³-hybridized carbons (Fsp3) is 0.483. The smallest absolute Gasteiger partial charge is 0.262 e. The number of ether oxygens (including phenoxy) is 1. The van der Waals surface area contributed by atoms with Gasteiger partial charge in [0.05, 0.1) is 24.1 Å². The van der Waals surface area contributed by atoms with Crippen LogP contribution in [-0.4, -0.2) is 59.2 Å². The minimum Gasteiger partial charge on any atom is -0.380 e. The molecule has 8 heteroatoms. The van der Waals surface area contributed by atoms with Crippen molar-refractivity contribution in [2.24, 2.45) is 11.3 Å². The van der Waals surface area contributed by atoms with Crippen LogP contribution in [0, 0.1) is 11.3 Å². The number of hydrogen-bond acceptors (Lipinski definition) is 5. The molecule has 1 saturated carbocycles. The Kier molecular flexibility index (Phi) is 6.33. The Morgan fingerprint density at radius 3 is 2.65 bits per heavy atom. The van der Waals surface area contributed by atoms with Crippen molar-refractivity contribution < 1.29 is 9.53 Å². The number of hydrogen-bond donors (Lipinski definition) is 1. The van der Waals surface area contributed by atoms with E-state index in [-0.39, 0.29) is 24.1 Å². The SMILES string of the molecule is CC(C)NC(=O)Cn1c(-c2cccc(Cl)c2)nc2ccc([C@H]3C[C@@H](CN4CC5(COC5)C4)C3)cc2c1=O. The quantitative estimate of drug-likeness (QED) is 0.508. The van der Waals surface area contributed by atoms with Gasteiger partial charge < -0.3 is 15.0 Å². The second-order valence-electron chi connectivity index (χ2n) is 11.5. The Bertz CT molecular complexity index is 1400. The van der Waals surface area contributed by atoms with Crippen molar-refractivity contribution in [3.05, 3.63) is 63.4 Å². The molecule has 7 nitrogen and oxygen atoms in total. The molecule has 6 rings (SSSR count). The molecule has 2 aromatic carbocycles. The van der Waals surface area contributed by atoms with Crippen molar-refractivity contribution >= 4 is 28.4 Å². The molecule has 2 saturated heterocycles. The van der Waals surface area contributed by atoms with Gasteiger partial charge in [-0.15, -0.1) is 0 Å². The van der Waals surface area contributed by atoms with Crippen molar-refractivity contribution in [1.29, 1.82) is 0 Å². The zero-order chi connectivity index (χ0) is 25.7. The first kappa shape index (κ1) is 24.6. The summed E-state index contributed by atoms with van der Waals surface area (Å²) in [6.07, 6.45) is 2.29. The standard InChI is InChI=1S/C29H33ClN4O3/c1-18(2)31-26(35)13-34-27(21-4-3-5-23(30)10-21)32-25-7-6-20(11-24(25)28(34)36)22-8-19(9-22)12-33-14-29(15-33)16-37-17-29/h3-7,10-11,18-19,22H,8-9,12-17H2,1-2H3,(H,31,35)/t19-,22+. The van der Waals surface area contributed by atoms with Gasteiger partial charge in [-0.1, -0.05) is 29.8 Å². The molecule has 1 aliphatic carbocycles. The third-order valence-corrected chi connectivity index (χ3v) is 8.21. The summed E-state index contributed by atoms with van der Waals surface area (Å²) in [6, 6.07) is 13.3. The average Bonchev–Trinajstić information content (AvgIpc) is 2.77. The Labute approximate surface area is 221 Å². The van der Waals surface area contributed by atoms with Crippen LogP contribution >= 0.6 is 11.6 Å². The molecular weight excluding hydrogens is 488 g/mol. The number of fused-ring (bicyclic) bond motifs is 1. The van der Waals surface area contributed by atoms with Gasteiger partial charge in [0.25, 0.3) is 5.56 Å². The number of carbonyl (C=O) groups excluding carboxylic acids is 1. The van der Waals surface area contributed by atoms with Crippen LogP contribution in [0.3, 0.4) is 0 Å². The molecule has 1 amide bonds. The predicted octanol–water partition coefficient (Wildman–Crippen LogP) is 4.07. The fourth-order valence-corrected chi connectivity index (χ4v) is 6.32. The summed E-state index contributed by atoms with van der Waals surface area (Å²) in [5, 5.41) is 3.99. The number of amides is 1. The summed E-state index contributed by atoms with van der Waals surface area (Å²) < 4.78 is 6.87. The topological polar surface area (TPSA) is 76.5 Å². The summed E-state index contributed by atoms with van der Waals surface area (Å²) in [7, 11) is 0. The van der Waals surface area contributed by atoms with E-state index in [0.29, 0.717) is 44.6 Å². The van der Waals surface area contributed by atoms with Gasteiger partial charge in [-0.2, -0.15) is 0 Å². The number of halogens is 1. The second-order valence-corrected chi connectivity index (χ2v) is 12.0. The lowest BCUT2D eigenvalue weighted by Crippen LogP contribution is -2.66. The maximum absolute atomic E-state index is 13.8. The largest absolute Gasteiger partial charge is 0.380 e. The molecule has 3 heterocycles. The molecule has 37 heavy (non-hydrogen) atoms. The first-order chi connectivity index (χ1) is 17.8. The van der Waals surface area contributed by atoms with Crippen molar-refractivity contribution in [2.45, 2.75) is 45.2 Å². The van der Waals surface area contributed by atoms with E-state index in [1.165, 1.54) is 23.2 Å². The Balaban J connectivity index is 1.25. The van der Waals surface area contributed by atoms with Gasteiger partial charge in [0.1, 0.15) is 12.4 Å². The number of likely N-dealkylation sites (tertiary alicyclic amines) is 1. The average molecular weight is 521 g/mol. The van der Waals surface area contributed by atoms with E-state index in [9.17, 15) is 9.59 Å². The number of rotatable bonds is 7. The molecule has 3 fully saturated rings. The lowest BCUT2D eigenvalue weighted by Gasteiger charge is -2.56. The summed E-state index contributed by atoms with van der Waals surface area (Å²) in [6.45, 7) is 9.07. The van der Waals surface area contributed by atoms with Crippen LogP contribution in [0.1, 0.15) is 38.2 Å². The van der Waals surface area contributed by atoms with Crippen LogP contribution in [0.25, 0.3) is 22.3 Å². The molecule has 194 valence electrons. The summed E-state index contributed by atoms with van der Waals surface area (Å²) in [4.78, 5) is 33.8. The Morgan fingerprint density at radius 1 is 1.19 bits per heavy atom. The van der Waals surface area contributed by atoms with Crippen LogP contribution in [0.2, 0.25) is 5.02 Å². The molecule has 3 aromatic rings. The number of nitrogens with zero attached hydrogens (tertiary/aromatic N) is 3. The molecule has 3 aliphatic rings. The highest BCUT2D eigenvalue weighted by Crippen LogP contribution is 2.45. The van der Waals surface area contributed by atoms with Gasteiger partial charge in [0, 0.05) is 41.7 Å². The number of benzene rings is 2. The van der Waals surface area contributed by atoms with E-state index >= 15 is 0 Å². The monoisotopic (exact) mass is 520 g/mol. The molecule has 0 atom stereocenters. The van der Waals surface area contributed by atoms with E-state index in [1.807, 2.05) is 38.1 Å². The van der Waals surface area contributed by atoms with E-state index in [1.54, 1.807) is 12.1 Å². The second kappa shape index (κ2) is 9.53. The van der Waals surface area contributed by atoms with Crippen molar-refractivity contribution in [2.75, 3.05) is 32.8 Å². The normalized spacial score (nSPS) is 22.5. The van der Waals surface area contributed by atoms with Crippen LogP contribution < -0.4 is 10.9 Å². The van der Waals surface area contributed by atoms with Gasteiger partial charge in [-0.05, 0) is 68.4 Å². The zero-order valence-corrected chi connectivity index (χ0v) is 22.1. The third kappa shape index (κ3) is 4.80. The molecule has 1 spiro atoms. The maximum atomic E-state index is 13.8. The summed E-state index contributed by atoms with van der Waals surface area (Å²) in [5.41, 5.74) is 2.78. The molecule has 2 aliphatic heterocycles. The van der Waals surface area contributed by atoms with Crippen LogP contribution in [-0.2, 0) is 16.1 Å². The molecule has 0 bridgehead atoms. The van der Waals surface area contributed by atoms with Crippen molar-refractivity contribution in [3.8, 4) is 11.4 Å². The summed E-state index contributed by atoms with van der Waals surface area (Å²) in [5.74, 6) is 1.39. The lowest BCUT2D eigenvalue weighted by atomic mass is 9.69. The summed E-state index contributed by atoms with van der Waals surface area (Å²) >= 11 is 6.24. The van der Waals surface area contributed by atoms with E-state index in [2.05, 4.69) is 16.3 Å². The van der Waals surface area contributed by atoms with Gasteiger partial charge >= 0.3 is 0 Å². The van der Waals surface area contributed by atoms with Gasteiger partial charge in [-0.3, -0.25) is 14.2 Å². The van der Waals surface area contributed by atoms with Crippen molar-refractivity contribution in [1.82, 2.24) is 19.8 Å². The zero-order valence-electron chi connectivity index (χ0n) is 21.4. The lowest BCUT2D eigenvalue weighted by molar-refractivity contribution is -0.192. The Morgan fingerprint density at radius 2 is 1.97 bits per heavy atom. The van der Waals surface area contributed by atoms with E-state index in [4.69, 9.17) is 21.3 Å². The van der Waals surface area contributed by atoms with E-state index < -0.39 is 0 Å². The Hall–Kier alpha value is -2.74. The number of carbonyl (C=O) groups is 1. The highest BCUT2D eigenvalue weighted by molar-refractivity contribution is 6.30. The van der Waals surface area contributed by atoms with Gasteiger partial charge in [-0.25, -0.2) is 4.98 Å². The number of nitrogens with one attached hydrogen (secondary N) is 1. The van der Waals surface area contributed by atoms with Crippen molar-refractivity contribution in [3.63, 3.8) is 0 Å². The highest BCUT2D eigenvalue weighted by atomic mass is 35.5. The van der Waals surface area contributed by atoms with Gasteiger partial charge in [0.15, 0.2) is 0 Å². The molecule has 1 N–H and O–H groups in total. The number of aromatic nitrogens is 2. The first-order valence-corrected chi connectivity index (χ1v) is 13.6. The molecule has 0 unspecified atom stereocenters.